The van der Waals surface area contributed by atoms with E-state index in [0.717, 1.165) is 22.4 Å². The SMILES string of the molecule is Cc1ncccc1-n1c(=O)[nH]c2ccccc21. The number of fused-ring (bicyclic) bond motifs is 1. The second-order valence-electron chi connectivity index (χ2n) is 3.89. The van der Waals surface area contributed by atoms with Gasteiger partial charge in [0.2, 0.25) is 0 Å². The van der Waals surface area contributed by atoms with E-state index in [9.17, 15) is 4.79 Å². The van der Waals surface area contributed by atoms with Crippen LogP contribution in [0, 0.1) is 6.92 Å². The summed E-state index contributed by atoms with van der Waals surface area (Å²) < 4.78 is 1.65. The van der Waals surface area contributed by atoms with E-state index in [-0.39, 0.29) is 5.69 Å². The number of imidazole rings is 1. The Morgan fingerprint density at radius 2 is 2.00 bits per heavy atom. The van der Waals surface area contributed by atoms with Crippen LogP contribution in [0.25, 0.3) is 16.7 Å². The van der Waals surface area contributed by atoms with E-state index in [0.29, 0.717) is 0 Å². The van der Waals surface area contributed by atoms with Crippen molar-refractivity contribution in [2.75, 3.05) is 0 Å². The molecule has 0 spiro atoms. The lowest BCUT2D eigenvalue weighted by molar-refractivity contribution is 0.980. The van der Waals surface area contributed by atoms with Gasteiger partial charge in [-0.05, 0) is 31.2 Å². The van der Waals surface area contributed by atoms with Gasteiger partial charge < -0.3 is 4.98 Å². The number of aryl methyl sites for hydroxylation is 1. The van der Waals surface area contributed by atoms with Crippen molar-refractivity contribution in [1.29, 1.82) is 0 Å². The normalized spacial score (nSPS) is 10.9. The minimum Gasteiger partial charge on any atom is -0.305 e. The molecular formula is C13H11N3O. The lowest BCUT2D eigenvalue weighted by atomic mass is 10.3. The fourth-order valence-corrected chi connectivity index (χ4v) is 2.01. The second kappa shape index (κ2) is 3.59. The van der Waals surface area contributed by atoms with Gasteiger partial charge in [-0.25, -0.2) is 4.79 Å². The molecule has 0 radical (unpaired) electrons. The Morgan fingerprint density at radius 1 is 1.18 bits per heavy atom. The Hall–Kier alpha value is -2.36. The summed E-state index contributed by atoms with van der Waals surface area (Å²) >= 11 is 0. The van der Waals surface area contributed by atoms with Crippen LogP contribution in [0.4, 0.5) is 0 Å². The standard InChI is InChI=1S/C13H11N3O/c1-9-11(7-4-8-14-9)16-12-6-3-2-5-10(12)15-13(16)17/h2-8H,1H3,(H,15,17). The molecule has 0 atom stereocenters. The minimum atomic E-state index is -0.137. The van der Waals surface area contributed by atoms with Crippen LogP contribution in [-0.4, -0.2) is 14.5 Å². The zero-order valence-corrected chi connectivity index (χ0v) is 9.34. The van der Waals surface area contributed by atoms with Gasteiger partial charge in [-0.15, -0.1) is 0 Å². The lowest BCUT2D eigenvalue weighted by Gasteiger charge is -2.05. The van der Waals surface area contributed by atoms with Crippen molar-refractivity contribution in [3.63, 3.8) is 0 Å². The highest BCUT2D eigenvalue weighted by Gasteiger charge is 2.09. The largest absolute Gasteiger partial charge is 0.331 e. The summed E-state index contributed by atoms with van der Waals surface area (Å²) in [5.41, 5.74) is 3.21. The monoisotopic (exact) mass is 225 g/mol. The molecule has 1 aromatic carbocycles. The Bertz CT molecular complexity index is 740. The number of aromatic amines is 1. The molecule has 0 aliphatic heterocycles. The number of nitrogens with zero attached hydrogens (tertiary/aromatic N) is 2. The zero-order chi connectivity index (χ0) is 11.8. The average Bonchev–Trinajstić information content (AvgIpc) is 2.66. The Morgan fingerprint density at radius 3 is 2.82 bits per heavy atom. The maximum atomic E-state index is 12.0. The molecule has 0 unspecified atom stereocenters. The molecule has 3 aromatic rings. The van der Waals surface area contributed by atoms with E-state index in [2.05, 4.69) is 9.97 Å². The fraction of sp³-hybridized carbons (Fsp3) is 0.0769. The van der Waals surface area contributed by atoms with E-state index >= 15 is 0 Å². The number of nitrogens with one attached hydrogen (secondary N) is 1. The molecule has 0 fully saturated rings. The summed E-state index contributed by atoms with van der Waals surface area (Å²) in [6.45, 7) is 1.89. The van der Waals surface area contributed by atoms with E-state index in [1.165, 1.54) is 0 Å². The molecule has 84 valence electrons. The molecule has 2 heterocycles. The topological polar surface area (TPSA) is 50.7 Å². The third-order valence-electron chi connectivity index (χ3n) is 2.81. The highest BCUT2D eigenvalue weighted by molar-refractivity contribution is 5.77. The number of benzene rings is 1. The lowest BCUT2D eigenvalue weighted by Crippen LogP contribution is -2.15. The third kappa shape index (κ3) is 1.45. The zero-order valence-electron chi connectivity index (χ0n) is 9.34. The average molecular weight is 225 g/mol. The maximum absolute atomic E-state index is 12.0. The van der Waals surface area contributed by atoms with Gasteiger partial charge in [-0.1, -0.05) is 12.1 Å². The molecule has 17 heavy (non-hydrogen) atoms. The van der Waals surface area contributed by atoms with Crippen molar-refractivity contribution >= 4 is 11.0 Å². The van der Waals surface area contributed by atoms with Gasteiger partial charge in [0.25, 0.3) is 0 Å². The first-order valence-corrected chi connectivity index (χ1v) is 5.39. The first-order chi connectivity index (χ1) is 8.27. The number of pyridine rings is 1. The highest BCUT2D eigenvalue weighted by atomic mass is 16.1. The van der Waals surface area contributed by atoms with Gasteiger partial charge in [0.1, 0.15) is 0 Å². The van der Waals surface area contributed by atoms with Gasteiger partial charge in [-0.2, -0.15) is 0 Å². The van der Waals surface area contributed by atoms with Crippen LogP contribution in [0.2, 0.25) is 0 Å². The Labute approximate surface area is 97.6 Å². The molecule has 0 saturated heterocycles. The first kappa shape index (κ1) is 9.84. The number of rotatable bonds is 1. The summed E-state index contributed by atoms with van der Waals surface area (Å²) in [5, 5.41) is 0. The van der Waals surface area contributed by atoms with Gasteiger partial charge in [0.05, 0.1) is 22.4 Å². The van der Waals surface area contributed by atoms with Crippen molar-refractivity contribution in [2.45, 2.75) is 6.92 Å². The summed E-state index contributed by atoms with van der Waals surface area (Å²) in [6.07, 6.45) is 1.72. The maximum Gasteiger partial charge on any atom is 0.331 e. The van der Waals surface area contributed by atoms with Gasteiger partial charge in [0, 0.05) is 6.20 Å². The molecule has 4 nitrogen and oxygen atoms in total. The van der Waals surface area contributed by atoms with Crippen LogP contribution in [-0.2, 0) is 0 Å². The number of aromatic nitrogens is 3. The molecule has 4 heteroatoms. The number of H-pyrrole nitrogens is 1. The Balaban J connectivity index is 2.42. The predicted octanol–water partition coefficient (Wildman–Crippen LogP) is 2.02. The molecule has 0 bridgehead atoms. The van der Waals surface area contributed by atoms with Crippen molar-refractivity contribution in [2.24, 2.45) is 0 Å². The van der Waals surface area contributed by atoms with E-state index in [1.54, 1.807) is 10.8 Å². The molecule has 3 rings (SSSR count). The van der Waals surface area contributed by atoms with Crippen molar-refractivity contribution in [1.82, 2.24) is 14.5 Å². The van der Waals surface area contributed by atoms with Crippen LogP contribution in [0.1, 0.15) is 5.69 Å². The van der Waals surface area contributed by atoms with Crippen molar-refractivity contribution < 1.29 is 0 Å². The number of para-hydroxylation sites is 2. The quantitative estimate of drug-likeness (QED) is 0.688. The van der Waals surface area contributed by atoms with Gasteiger partial charge in [0.15, 0.2) is 0 Å². The summed E-state index contributed by atoms with van der Waals surface area (Å²) in [7, 11) is 0. The van der Waals surface area contributed by atoms with Crippen LogP contribution >= 0.6 is 0 Å². The fourth-order valence-electron chi connectivity index (χ4n) is 2.01. The van der Waals surface area contributed by atoms with Gasteiger partial charge >= 0.3 is 5.69 Å². The smallest absolute Gasteiger partial charge is 0.305 e. The van der Waals surface area contributed by atoms with E-state index in [1.807, 2.05) is 43.3 Å². The predicted molar refractivity (Wildman–Crippen MR) is 66.4 cm³/mol. The summed E-state index contributed by atoms with van der Waals surface area (Å²) in [6, 6.07) is 11.3. The third-order valence-corrected chi connectivity index (χ3v) is 2.81. The van der Waals surface area contributed by atoms with Gasteiger partial charge in [-0.3, -0.25) is 9.55 Å². The molecular weight excluding hydrogens is 214 g/mol. The van der Waals surface area contributed by atoms with E-state index < -0.39 is 0 Å². The summed E-state index contributed by atoms with van der Waals surface area (Å²) in [4.78, 5) is 19.0. The van der Waals surface area contributed by atoms with Crippen LogP contribution in [0.15, 0.2) is 47.4 Å². The van der Waals surface area contributed by atoms with Crippen LogP contribution in [0.5, 0.6) is 0 Å². The van der Waals surface area contributed by atoms with Crippen LogP contribution in [0.3, 0.4) is 0 Å². The number of hydrogen-bond donors (Lipinski definition) is 1. The molecule has 2 aromatic heterocycles. The second-order valence-corrected chi connectivity index (χ2v) is 3.89. The summed E-state index contributed by atoms with van der Waals surface area (Å²) in [5.74, 6) is 0. The Kier molecular flexibility index (Phi) is 2.08. The highest BCUT2D eigenvalue weighted by Crippen LogP contribution is 2.16. The van der Waals surface area contributed by atoms with Crippen molar-refractivity contribution in [3.8, 4) is 5.69 Å². The van der Waals surface area contributed by atoms with Crippen molar-refractivity contribution in [3.05, 3.63) is 58.8 Å². The molecule has 1 N–H and O–H groups in total. The molecule has 0 amide bonds. The number of hydrogen-bond acceptors (Lipinski definition) is 2. The minimum absolute atomic E-state index is 0.137. The first-order valence-electron chi connectivity index (χ1n) is 5.39. The van der Waals surface area contributed by atoms with E-state index in [4.69, 9.17) is 0 Å². The molecule has 0 aliphatic rings. The van der Waals surface area contributed by atoms with Crippen LogP contribution < -0.4 is 5.69 Å². The molecule has 0 saturated carbocycles. The molecule has 0 aliphatic carbocycles.